The van der Waals surface area contributed by atoms with Crippen molar-refractivity contribution < 1.29 is 14.6 Å². The highest BCUT2D eigenvalue weighted by molar-refractivity contribution is 7.16. The third-order valence-corrected chi connectivity index (χ3v) is 6.13. The monoisotopic (exact) mass is 453 g/mol. The number of benzene rings is 2. The molecule has 0 aliphatic carbocycles. The van der Waals surface area contributed by atoms with E-state index in [2.05, 4.69) is 19.9 Å². The molecule has 31 heavy (non-hydrogen) atoms. The summed E-state index contributed by atoms with van der Waals surface area (Å²) < 4.78 is 8.30. The Hall–Kier alpha value is -3.27. The van der Waals surface area contributed by atoms with Gasteiger partial charge in [0.15, 0.2) is 5.82 Å². The molecule has 0 bridgehead atoms. The summed E-state index contributed by atoms with van der Waals surface area (Å²) in [5, 5.41) is 9.55. The van der Waals surface area contributed by atoms with Crippen LogP contribution >= 0.6 is 22.9 Å². The highest BCUT2D eigenvalue weighted by Crippen LogP contribution is 2.30. The summed E-state index contributed by atoms with van der Waals surface area (Å²) in [6, 6.07) is 9.12. The molecular weight excluding hydrogens is 438 g/mol. The van der Waals surface area contributed by atoms with Crippen LogP contribution < -0.4 is 0 Å². The Morgan fingerprint density at radius 1 is 1.26 bits per heavy atom. The van der Waals surface area contributed by atoms with E-state index in [1.807, 2.05) is 28.3 Å². The third kappa shape index (κ3) is 3.46. The Labute approximate surface area is 185 Å². The number of thiazole rings is 1. The molecule has 0 saturated carbocycles. The molecule has 2 N–H and O–H groups in total. The Morgan fingerprint density at radius 3 is 2.94 bits per heavy atom. The van der Waals surface area contributed by atoms with Gasteiger partial charge in [-0.05, 0) is 30.3 Å². The van der Waals surface area contributed by atoms with Crippen molar-refractivity contribution in [3.8, 4) is 22.9 Å². The topological polar surface area (TPSA) is 106 Å². The zero-order valence-corrected chi connectivity index (χ0v) is 17.9. The molecule has 2 aromatic carbocycles. The molecule has 0 saturated heterocycles. The van der Waals surface area contributed by atoms with Gasteiger partial charge in [-0.3, -0.25) is 0 Å². The van der Waals surface area contributed by atoms with E-state index in [9.17, 15) is 9.90 Å². The summed E-state index contributed by atoms with van der Waals surface area (Å²) in [6.45, 7) is 0.975. The molecule has 0 fully saturated rings. The van der Waals surface area contributed by atoms with Crippen molar-refractivity contribution in [1.82, 2.24) is 24.5 Å². The summed E-state index contributed by atoms with van der Waals surface area (Å²) in [6.07, 6.45) is 1.71. The first-order valence-corrected chi connectivity index (χ1v) is 10.6. The summed E-state index contributed by atoms with van der Waals surface area (Å²) in [5.74, 6) is 0.222. The van der Waals surface area contributed by atoms with Gasteiger partial charge in [0.25, 0.3) is 0 Å². The number of carbonyl (C=O) groups is 1. The lowest BCUT2D eigenvalue weighted by Gasteiger charge is -2.08. The lowest BCUT2D eigenvalue weighted by atomic mass is 10.2. The molecule has 0 atom stereocenters. The lowest BCUT2D eigenvalue weighted by Crippen LogP contribution is -2.06. The Morgan fingerprint density at radius 2 is 2.13 bits per heavy atom. The number of imidazole rings is 2. The molecule has 8 nitrogen and oxygen atoms in total. The molecule has 156 valence electrons. The highest BCUT2D eigenvalue weighted by Gasteiger charge is 2.19. The molecule has 0 aliphatic heterocycles. The van der Waals surface area contributed by atoms with Crippen molar-refractivity contribution in [2.45, 2.75) is 6.54 Å². The molecule has 5 aromatic rings. The average molecular weight is 454 g/mol. The summed E-state index contributed by atoms with van der Waals surface area (Å²) in [4.78, 5) is 28.4. The number of rotatable bonds is 6. The first-order valence-electron chi connectivity index (χ1n) is 9.36. The molecule has 10 heteroatoms. The molecule has 0 unspecified atom stereocenters. The van der Waals surface area contributed by atoms with E-state index in [-0.39, 0.29) is 10.6 Å². The third-order valence-electron chi connectivity index (χ3n) is 5.01. The van der Waals surface area contributed by atoms with Crippen molar-refractivity contribution in [2.75, 3.05) is 13.7 Å². The number of hydrogen-bond donors (Lipinski definition) is 2. The van der Waals surface area contributed by atoms with E-state index in [0.29, 0.717) is 36.0 Å². The van der Waals surface area contributed by atoms with Crippen LogP contribution in [-0.4, -0.2) is 49.3 Å². The number of fused-ring (bicyclic) bond motifs is 2. The minimum Gasteiger partial charge on any atom is -0.478 e. The number of carboxylic acids is 1. The predicted molar refractivity (Wildman–Crippen MR) is 120 cm³/mol. The summed E-state index contributed by atoms with van der Waals surface area (Å²) in [5.41, 5.74) is 5.63. The van der Waals surface area contributed by atoms with Gasteiger partial charge in [-0.25, -0.2) is 19.7 Å². The van der Waals surface area contributed by atoms with Crippen LogP contribution in [-0.2, 0) is 11.3 Å². The predicted octanol–water partition coefficient (Wildman–Crippen LogP) is 4.70. The van der Waals surface area contributed by atoms with Gasteiger partial charge < -0.3 is 19.4 Å². The first kappa shape index (κ1) is 19.7. The van der Waals surface area contributed by atoms with Gasteiger partial charge in [0.2, 0.25) is 0 Å². The number of ether oxygens (including phenoxy) is 1. The Balaban J connectivity index is 1.62. The molecule has 0 spiro atoms. The molecular formula is C21H16ClN5O3S. The van der Waals surface area contributed by atoms with Gasteiger partial charge in [0.1, 0.15) is 11.5 Å². The van der Waals surface area contributed by atoms with Gasteiger partial charge in [0, 0.05) is 19.2 Å². The highest BCUT2D eigenvalue weighted by atomic mass is 35.5. The molecule has 3 aromatic heterocycles. The smallest absolute Gasteiger partial charge is 0.337 e. The van der Waals surface area contributed by atoms with Crippen LogP contribution in [0.4, 0.5) is 0 Å². The molecule has 0 aliphatic rings. The number of aromatic carboxylic acids is 1. The van der Waals surface area contributed by atoms with Gasteiger partial charge in [-0.15, -0.1) is 11.3 Å². The van der Waals surface area contributed by atoms with Gasteiger partial charge in [-0.1, -0.05) is 11.6 Å². The molecule has 5 rings (SSSR count). The second kappa shape index (κ2) is 7.77. The number of carboxylic acid groups (broad SMARTS) is 1. The number of aromatic nitrogens is 5. The van der Waals surface area contributed by atoms with Crippen LogP contribution in [0.1, 0.15) is 10.4 Å². The SMILES string of the molecule is COCCn1c(-c2cnc(-c3ccc4scnc4c3)[nH]2)nc2cc(C(=O)O)c(Cl)cc21. The van der Waals surface area contributed by atoms with Crippen LogP contribution in [0.5, 0.6) is 0 Å². The largest absolute Gasteiger partial charge is 0.478 e. The molecule has 0 radical (unpaired) electrons. The maximum Gasteiger partial charge on any atom is 0.337 e. The number of nitrogens with zero attached hydrogens (tertiary/aromatic N) is 4. The van der Waals surface area contributed by atoms with E-state index in [0.717, 1.165) is 21.3 Å². The number of aromatic amines is 1. The minimum absolute atomic E-state index is 0.0129. The first-order chi connectivity index (χ1) is 15.0. The van der Waals surface area contributed by atoms with E-state index < -0.39 is 5.97 Å². The van der Waals surface area contributed by atoms with Crippen LogP contribution in [0.3, 0.4) is 0 Å². The van der Waals surface area contributed by atoms with E-state index in [4.69, 9.17) is 16.3 Å². The van der Waals surface area contributed by atoms with Gasteiger partial charge in [-0.2, -0.15) is 0 Å². The number of halogens is 1. The van der Waals surface area contributed by atoms with Crippen molar-refractivity contribution in [3.05, 3.63) is 52.6 Å². The number of H-pyrrole nitrogens is 1. The van der Waals surface area contributed by atoms with Gasteiger partial charge >= 0.3 is 5.97 Å². The van der Waals surface area contributed by atoms with Crippen LogP contribution in [0, 0.1) is 0 Å². The van der Waals surface area contributed by atoms with Crippen LogP contribution in [0.25, 0.3) is 44.2 Å². The fraction of sp³-hybridized carbons (Fsp3) is 0.143. The molecule has 3 heterocycles. The number of nitrogens with one attached hydrogen (secondary N) is 1. The lowest BCUT2D eigenvalue weighted by molar-refractivity contribution is 0.0697. The second-order valence-electron chi connectivity index (χ2n) is 6.89. The fourth-order valence-corrected chi connectivity index (χ4v) is 4.41. The maximum absolute atomic E-state index is 11.5. The normalized spacial score (nSPS) is 11.5. The Bertz CT molecular complexity index is 1440. The van der Waals surface area contributed by atoms with E-state index >= 15 is 0 Å². The minimum atomic E-state index is -1.10. The standard InChI is InChI=1S/C21H16ClN5O3S/c1-30-5-4-27-17-8-13(22)12(21(28)29)7-14(17)26-20(27)16-9-23-19(25-16)11-2-3-18-15(6-11)24-10-31-18/h2-3,6-10H,4-5H2,1H3,(H,23,25)(H,28,29). The zero-order chi connectivity index (χ0) is 21.5. The van der Waals surface area contributed by atoms with E-state index in [1.54, 1.807) is 30.7 Å². The van der Waals surface area contributed by atoms with Crippen molar-refractivity contribution >= 4 is 50.2 Å². The van der Waals surface area contributed by atoms with Crippen molar-refractivity contribution in [3.63, 3.8) is 0 Å². The summed E-state index contributed by atoms with van der Waals surface area (Å²) >= 11 is 7.79. The quantitative estimate of drug-likeness (QED) is 0.386. The second-order valence-corrected chi connectivity index (χ2v) is 8.18. The van der Waals surface area contributed by atoms with Crippen molar-refractivity contribution in [2.24, 2.45) is 0 Å². The van der Waals surface area contributed by atoms with Crippen LogP contribution in [0.2, 0.25) is 5.02 Å². The maximum atomic E-state index is 11.5. The fourth-order valence-electron chi connectivity index (χ4n) is 3.51. The van der Waals surface area contributed by atoms with Crippen LogP contribution in [0.15, 0.2) is 42.0 Å². The van der Waals surface area contributed by atoms with Gasteiger partial charge in [0.05, 0.1) is 50.2 Å². The van der Waals surface area contributed by atoms with Crippen molar-refractivity contribution in [1.29, 1.82) is 0 Å². The zero-order valence-electron chi connectivity index (χ0n) is 16.3. The summed E-state index contributed by atoms with van der Waals surface area (Å²) in [7, 11) is 1.62. The Kier molecular flexibility index (Phi) is 4.93. The average Bonchev–Trinajstić information content (AvgIpc) is 3.48. The number of methoxy groups -OCH3 is 1. The number of hydrogen-bond acceptors (Lipinski definition) is 6. The molecule has 0 amide bonds. The van der Waals surface area contributed by atoms with E-state index in [1.165, 1.54) is 6.07 Å².